The third-order valence-corrected chi connectivity index (χ3v) is 4.05. The highest BCUT2D eigenvalue weighted by atomic mass is 16.5. The number of hydrogen-bond donors (Lipinski definition) is 1. The minimum Gasteiger partial charge on any atom is -0.379 e. The summed E-state index contributed by atoms with van der Waals surface area (Å²) in [5.74, 6) is 0. The summed E-state index contributed by atoms with van der Waals surface area (Å²) in [5, 5.41) is 0. The second-order valence-corrected chi connectivity index (χ2v) is 5.22. The molecule has 0 saturated carbocycles. The second kappa shape index (κ2) is 7.31. The van der Waals surface area contributed by atoms with Crippen molar-refractivity contribution in [1.82, 2.24) is 9.80 Å². The number of morpholine rings is 1. The molecular formula is C13H27N3O. The summed E-state index contributed by atoms with van der Waals surface area (Å²) in [7, 11) is 0. The van der Waals surface area contributed by atoms with Crippen LogP contribution in [0.3, 0.4) is 0 Å². The number of rotatable bonds is 6. The Hall–Kier alpha value is -0.160. The molecule has 0 aliphatic carbocycles. The zero-order valence-electron chi connectivity index (χ0n) is 10.9. The van der Waals surface area contributed by atoms with Crippen molar-refractivity contribution in [3.8, 4) is 0 Å². The van der Waals surface area contributed by atoms with Crippen LogP contribution < -0.4 is 5.73 Å². The van der Waals surface area contributed by atoms with Gasteiger partial charge >= 0.3 is 0 Å². The minimum atomic E-state index is 0.805. The van der Waals surface area contributed by atoms with E-state index in [-0.39, 0.29) is 0 Å². The van der Waals surface area contributed by atoms with Crippen LogP contribution in [0, 0.1) is 0 Å². The molecule has 0 spiro atoms. The van der Waals surface area contributed by atoms with Crippen molar-refractivity contribution in [1.29, 1.82) is 0 Å². The number of nitrogens with two attached hydrogens (primary N) is 1. The zero-order chi connectivity index (χ0) is 11.9. The first kappa shape index (κ1) is 13.3. The van der Waals surface area contributed by atoms with Gasteiger partial charge in [0.1, 0.15) is 0 Å². The summed E-state index contributed by atoms with van der Waals surface area (Å²) < 4.78 is 5.38. The molecule has 1 atom stereocenters. The molecule has 0 bridgehead atoms. The van der Waals surface area contributed by atoms with Gasteiger partial charge in [0.15, 0.2) is 0 Å². The molecule has 2 heterocycles. The summed E-state index contributed by atoms with van der Waals surface area (Å²) in [6, 6.07) is 0.805. The van der Waals surface area contributed by atoms with Crippen molar-refractivity contribution in [2.75, 3.05) is 52.5 Å². The predicted molar refractivity (Wildman–Crippen MR) is 70.1 cm³/mol. The van der Waals surface area contributed by atoms with E-state index in [2.05, 4.69) is 9.80 Å². The Kier molecular flexibility index (Phi) is 5.71. The van der Waals surface area contributed by atoms with Crippen LogP contribution in [0.15, 0.2) is 0 Å². The monoisotopic (exact) mass is 241 g/mol. The van der Waals surface area contributed by atoms with E-state index in [0.29, 0.717) is 0 Å². The average molecular weight is 241 g/mol. The number of hydrogen-bond acceptors (Lipinski definition) is 4. The molecule has 2 aliphatic rings. The third kappa shape index (κ3) is 4.21. The van der Waals surface area contributed by atoms with Crippen LogP contribution in [0.1, 0.15) is 25.7 Å². The largest absolute Gasteiger partial charge is 0.379 e. The standard InChI is InChI=1S/C13H27N3O/c14-5-1-3-13-4-2-6-16(13)8-7-15-9-11-17-12-10-15/h13H,1-12,14H2. The molecular weight excluding hydrogens is 214 g/mol. The molecule has 2 aliphatic heterocycles. The topological polar surface area (TPSA) is 41.7 Å². The van der Waals surface area contributed by atoms with Gasteiger partial charge in [-0.3, -0.25) is 9.80 Å². The van der Waals surface area contributed by atoms with Crippen LogP contribution in [0.5, 0.6) is 0 Å². The SMILES string of the molecule is NCCCC1CCCN1CCN1CCOCC1. The highest BCUT2D eigenvalue weighted by molar-refractivity contribution is 4.80. The van der Waals surface area contributed by atoms with E-state index in [1.807, 2.05) is 0 Å². The summed E-state index contributed by atoms with van der Waals surface area (Å²) >= 11 is 0. The van der Waals surface area contributed by atoms with Crippen LogP contribution in [0.25, 0.3) is 0 Å². The lowest BCUT2D eigenvalue weighted by molar-refractivity contribution is 0.0325. The maximum atomic E-state index is 5.60. The highest BCUT2D eigenvalue weighted by Crippen LogP contribution is 2.20. The fourth-order valence-electron chi connectivity index (χ4n) is 2.96. The molecule has 0 radical (unpaired) electrons. The lowest BCUT2D eigenvalue weighted by Crippen LogP contribution is -2.42. The number of ether oxygens (including phenoxy) is 1. The second-order valence-electron chi connectivity index (χ2n) is 5.22. The van der Waals surface area contributed by atoms with Gasteiger partial charge in [-0.2, -0.15) is 0 Å². The van der Waals surface area contributed by atoms with Crippen molar-refractivity contribution in [2.45, 2.75) is 31.7 Å². The van der Waals surface area contributed by atoms with Gasteiger partial charge in [-0.1, -0.05) is 0 Å². The van der Waals surface area contributed by atoms with Gasteiger partial charge < -0.3 is 10.5 Å². The molecule has 2 saturated heterocycles. The Morgan fingerprint density at radius 2 is 1.94 bits per heavy atom. The van der Waals surface area contributed by atoms with Crippen molar-refractivity contribution < 1.29 is 4.74 Å². The van der Waals surface area contributed by atoms with E-state index in [1.54, 1.807) is 0 Å². The molecule has 4 nitrogen and oxygen atoms in total. The van der Waals surface area contributed by atoms with E-state index >= 15 is 0 Å². The maximum Gasteiger partial charge on any atom is 0.0594 e. The predicted octanol–water partition coefficient (Wildman–Crippen LogP) is 0.522. The molecule has 2 fully saturated rings. The molecule has 0 amide bonds. The summed E-state index contributed by atoms with van der Waals surface area (Å²) in [6.07, 6.45) is 5.22. The van der Waals surface area contributed by atoms with Gasteiger partial charge in [0.25, 0.3) is 0 Å². The first-order valence-corrected chi connectivity index (χ1v) is 7.14. The van der Waals surface area contributed by atoms with Crippen molar-refractivity contribution in [2.24, 2.45) is 5.73 Å². The zero-order valence-corrected chi connectivity index (χ0v) is 10.9. The molecule has 0 aromatic heterocycles. The summed E-state index contributed by atoms with van der Waals surface area (Å²) in [6.45, 7) is 8.63. The van der Waals surface area contributed by atoms with Gasteiger partial charge in [-0.15, -0.1) is 0 Å². The van der Waals surface area contributed by atoms with Crippen molar-refractivity contribution >= 4 is 0 Å². The molecule has 0 aromatic carbocycles. The van der Waals surface area contributed by atoms with Gasteiger partial charge in [-0.25, -0.2) is 0 Å². The number of likely N-dealkylation sites (tertiary alicyclic amines) is 1. The van der Waals surface area contributed by atoms with Crippen molar-refractivity contribution in [3.63, 3.8) is 0 Å². The Morgan fingerprint density at radius 3 is 2.71 bits per heavy atom. The quantitative estimate of drug-likeness (QED) is 0.736. The Morgan fingerprint density at radius 1 is 1.12 bits per heavy atom. The average Bonchev–Trinajstić information content (AvgIpc) is 2.82. The highest BCUT2D eigenvalue weighted by Gasteiger charge is 2.24. The molecule has 4 heteroatoms. The first-order valence-electron chi connectivity index (χ1n) is 7.14. The molecule has 0 aromatic rings. The fourth-order valence-corrected chi connectivity index (χ4v) is 2.96. The van der Waals surface area contributed by atoms with E-state index in [0.717, 1.165) is 38.9 Å². The van der Waals surface area contributed by atoms with E-state index < -0.39 is 0 Å². The molecule has 2 N–H and O–H groups in total. The van der Waals surface area contributed by atoms with Crippen LogP contribution in [0.4, 0.5) is 0 Å². The molecule has 100 valence electrons. The molecule has 17 heavy (non-hydrogen) atoms. The summed E-state index contributed by atoms with van der Waals surface area (Å²) in [4.78, 5) is 5.20. The van der Waals surface area contributed by atoms with Gasteiger partial charge in [0.2, 0.25) is 0 Å². The number of nitrogens with zero attached hydrogens (tertiary/aromatic N) is 2. The van der Waals surface area contributed by atoms with Crippen LogP contribution in [-0.2, 0) is 4.74 Å². The third-order valence-electron chi connectivity index (χ3n) is 4.05. The maximum absolute atomic E-state index is 5.60. The Bertz CT molecular complexity index is 207. The normalized spacial score (nSPS) is 27.7. The molecule has 1 unspecified atom stereocenters. The smallest absolute Gasteiger partial charge is 0.0594 e. The lowest BCUT2D eigenvalue weighted by Gasteiger charge is -2.30. The van der Waals surface area contributed by atoms with Crippen LogP contribution in [0.2, 0.25) is 0 Å². The Labute approximate surface area is 105 Å². The fraction of sp³-hybridized carbons (Fsp3) is 1.00. The minimum absolute atomic E-state index is 0.805. The van der Waals surface area contributed by atoms with Gasteiger partial charge in [-0.05, 0) is 38.8 Å². The van der Waals surface area contributed by atoms with Gasteiger partial charge in [0, 0.05) is 32.2 Å². The Balaban J connectivity index is 1.66. The van der Waals surface area contributed by atoms with Crippen LogP contribution >= 0.6 is 0 Å². The van der Waals surface area contributed by atoms with Crippen molar-refractivity contribution in [3.05, 3.63) is 0 Å². The first-order chi connectivity index (χ1) is 8.40. The van der Waals surface area contributed by atoms with E-state index in [1.165, 1.54) is 45.3 Å². The van der Waals surface area contributed by atoms with E-state index in [9.17, 15) is 0 Å². The lowest BCUT2D eigenvalue weighted by atomic mass is 10.1. The van der Waals surface area contributed by atoms with Crippen LogP contribution in [-0.4, -0.2) is 68.3 Å². The summed E-state index contributed by atoms with van der Waals surface area (Å²) in [5.41, 5.74) is 5.60. The van der Waals surface area contributed by atoms with E-state index in [4.69, 9.17) is 10.5 Å². The van der Waals surface area contributed by atoms with Gasteiger partial charge in [0.05, 0.1) is 13.2 Å². The molecule has 2 rings (SSSR count).